The molecule has 4 saturated carbocycles. The van der Waals surface area contributed by atoms with Gasteiger partial charge in [-0.2, -0.15) is 23.4 Å². The molecule has 3 aromatic heterocycles. The third kappa shape index (κ3) is 4.90. The quantitative estimate of drug-likeness (QED) is 0.329. The van der Waals surface area contributed by atoms with E-state index in [2.05, 4.69) is 32.7 Å². The van der Waals surface area contributed by atoms with E-state index in [1.54, 1.807) is 29.1 Å². The Morgan fingerprint density at radius 1 is 1.27 bits per heavy atom. The standard InChI is InChI=1S/C25H26F3N7OS/c26-25(27,28)37-21-18(4-2-11-30-22(36)16-12-31-34(13-16)17-7-8-17)33-35-19(21)5-1-6-20(35)32-24-10-3-9-23(29,14-24)15-24/h1,5-6,12-13,17,32H,3,7-11,14-15,29H2,(H,30,36). The number of aromatic nitrogens is 4. The van der Waals surface area contributed by atoms with Crippen molar-refractivity contribution < 1.29 is 18.0 Å². The van der Waals surface area contributed by atoms with Gasteiger partial charge < -0.3 is 16.4 Å². The van der Waals surface area contributed by atoms with Crippen LogP contribution in [0.4, 0.5) is 19.0 Å². The molecule has 0 atom stereocenters. The van der Waals surface area contributed by atoms with E-state index in [1.807, 2.05) is 0 Å². The Bertz CT molecular complexity index is 1420. The number of carbonyl (C=O) groups is 1. The lowest BCUT2D eigenvalue weighted by atomic mass is 9.55. The molecule has 4 aliphatic carbocycles. The normalized spacial score (nSPS) is 24.8. The largest absolute Gasteiger partial charge is 0.446 e. The van der Waals surface area contributed by atoms with Gasteiger partial charge in [-0.05, 0) is 74.8 Å². The Kier molecular flexibility index (Phi) is 5.69. The van der Waals surface area contributed by atoms with Crippen molar-refractivity contribution in [2.45, 2.75) is 72.5 Å². The highest BCUT2D eigenvalue weighted by atomic mass is 32.2. The third-order valence-electron chi connectivity index (χ3n) is 7.26. The van der Waals surface area contributed by atoms with Crippen molar-refractivity contribution in [3.8, 4) is 11.8 Å². The van der Waals surface area contributed by atoms with E-state index in [0.29, 0.717) is 22.9 Å². The Labute approximate surface area is 215 Å². The van der Waals surface area contributed by atoms with Gasteiger partial charge in [-0.1, -0.05) is 12.0 Å². The van der Waals surface area contributed by atoms with Crippen molar-refractivity contribution in [3.63, 3.8) is 0 Å². The molecule has 4 fully saturated rings. The molecule has 4 N–H and O–H groups in total. The fourth-order valence-corrected chi connectivity index (χ4v) is 6.32. The highest BCUT2D eigenvalue weighted by molar-refractivity contribution is 8.00. The number of nitrogens with one attached hydrogen (secondary N) is 2. The number of rotatable bonds is 6. The molecule has 0 spiro atoms. The van der Waals surface area contributed by atoms with E-state index in [9.17, 15) is 18.0 Å². The van der Waals surface area contributed by atoms with Crippen molar-refractivity contribution in [1.82, 2.24) is 24.7 Å². The third-order valence-corrected chi connectivity index (χ3v) is 8.10. The van der Waals surface area contributed by atoms with Crippen molar-refractivity contribution in [2.24, 2.45) is 5.73 Å². The van der Waals surface area contributed by atoms with Gasteiger partial charge in [0.1, 0.15) is 11.5 Å². The molecular formula is C25H26F3N7OS. The second-order valence-electron chi connectivity index (χ2n) is 10.3. The molecule has 7 rings (SSSR count). The molecule has 0 aromatic carbocycles. The SMILES string of the molecule is NC12CCCC(Nc3cccc4c(SC(F)(F)F)c(C#CCNC(=O)c5cnn(C6CC6)c5)nn34)(C1)C2. The van der Waals surface area contributed by atoms with Gasteiger partial charge in [0.05, 0.1) is 34.8 Å². The summed E-state index contributed by atoms with van der Waals surface area (Å²) < 4.78 is 43.6. The molecule has 37 heavy (non-hydrogen) atoms. The molecule has 194 valence electrons. The van der Waals surface area contributed by atoms with E-state index in [0.717, 1.165) is 44.9 Å². The fourth-order valence-electron chi connectivity index (χ4n) is 5.64. The predicted octanol–water partition coefficient (Wildman–Crippen LogP) is 4.09. The number of hydrogen-bond acceptors (Lipinski definition) is 6. The lowest BCUT2D eigenvalue weighted by molar-refractivity contribution is -0.0327. The molecule has 0 aliphatic heterocycles. The zero-order chi connectivity index (χ0) is 25.8. The molecule has 2 bridgehead atoms. The van der Waals surface area contributed by atoms with Crippen molar-refractivity contribution in [1.29, 1.82) is 0 Å². The second kappa shape index (κ2) is 8.70. The summed E-state index contributed by atoms with van der Waals surface area (Å²) in [6, 6.07) is 5.48. The van der Waals surface area contributed by atoms with Crippen LogP contribution >= 0.6 is 11.8 Å². The number of thioether (sulfide) groups is 1. The summed E-state index contributed by atoms with van der Waals surface area (Å²) in [6.07, 6.45) is 9.91. The van der Waals surface area contributed by atoms with Crippen molar-refractivity contribution in [3.05, 3.63) is 41.9 Å². The van der Waals surface area contributed by atoms with Gasteiger partial charge in [0, 0.05) is 17.3 Å². The minimum atomic E-state index is -4.51. The summed E-state index contributed by atoms with van der Waals surface area (Å²) >= 11 is -0.233. The van der Waals surface area contributed by atoms with Crippen LogP contribution in [0.25, 0.3) is 5.52 Å². The molecule has 3 heterocycles. The topological polar surface area (TPSA) is 102 Å². The molecule has 3 aromatic rings. The van der Waals surface area contributed by atoms with Crippen LogP contribution in [0.5, 0.6) is 0 Å². The first kappa shape index (κ1) is 24.2. The number of amides is 1. The first-order chi connectivity index (χ1) is 17.6. The summed E-state index contributed by atoms with van der Waals surface area (Å²) in [5.74, 6) is 5.76. The Hall–Kier alpha value is -3.17. The van der Waals surface area contributed by atoms with E-state index < -0.39 is 5.51 Å². The Balaban J connectivity index is 1.23. The number of anilines is 1. The van der Waals surface area contributed by atoms with E-state index >= 15 is 0 Å². The molecular weight excluding hydrogens is 503 g/mol. The molecule has 0 unspecified atom stereocenters. The Morgan fingerprint density at radius 3 is 2.81 bits per heavy atom. The number of pyridine rings is 1. The number of carbonyl (C=O) groups excluding carboxylic acids is 1. The number of halogens is 3. The monoisotopic (exact) mass is 529 g/mol. The first-order valence-corrected chi connectivity index (χ1v) is 13.1. The van der Waals surface area contributed by atoms with Gasteiger partial charge >= 0.3 is 5.51 Å². The van der Waals surface area contributed by atoms with Crippen LogP contribution < -0.4 is 16.4 Å². The van der Waals surface area contributed by atoms with Crippen LogP contribution in [-0.4, -0.2) is 48.4 Å². The van der Waals surface area contributed by atoms with Crippen LogP contribution in [-0.2, 0) is 0 Å². The van der Waals surface area contributed by atoms with Crippen LogP contribution in [0.15, 0.2) is 35.5 Å². The zero-order valence-electron chi connectivity index (χ0n) is 19.9. The summed E-state index contributed by atoms with van der Waals surface area (Å²) in [7, 11) is 0. The number of nitrogens with zero attached hydrogens (tertiary/aromatic N) is 4. The number of alkyl halides is 3. The van der Waals surface area contributed by atoms with Crippen LogP contribution in [0, 0.1) is 11.8 Å². The smallest absolute Gasteiger partial charge is 0.364 e. The van der Waals surface area contributed by atoms with Crippen molar-refractivity contribution >= 4 is 29.0 Å². The van der Waals surface area contributed by atoms with Crippen molar-refractivity contribution in [2.75, 3.05) is 11.9 Å². The maximum Gasteiger partial charge on any atom is 0.446 e. The molecule has 12 heteroatoms. The number of hydrogen-bond donors (Lipinski definition) is 3. The van der Waals surface area contributed by atoms with Crippen LogP contribution in [0.3, 0.4) is 0 Å². The lowest BCUT2D eigenvalue weighted by Gasteiger charge is -2.59. The highest BCUT2D eigenvalue weighted by Crippen LogP contribution is 2.52. The first-order valence-electron chi connectivity index (χ1n) is 12.3. The maximum absolute atomic E-state index is 13.4. The average Bonchev–Trinajstić information content (AvgIpc) is 3.44. The lowest BCUT2D eigenvalue weighted by Crippen LogP contribution is -2.68. The summed E-state index contributed by atoms with van der Waals surface area (Å²) in [6.45, 7) is -0.0375. The average molecular weight is 530 g/mol. The predicted molar refractivity (Wildman–Crippen MR) is 133 cm³/mol. The molecule has 8 nitrogen and oxygen atoms in total. The second-order valence-corrected chi connectivity index (χ2v) is 11.4. The summed E-state index contributed by atoms with van der Waals surface area (Å²) in [5.41, 5.74) is 2.32. The number of fused-ring (bicyclic) bond motifs is 3. The van der Waals surface area contributed by atoms with Crippen LogP contribution in [0.2, 0.25) is 0 Å². The van der Waals surface area contributed by atoms with Crippen LogP contribution in [0.1, 0.15) is 67.0 Å². The van der Waals surface area contributed by atoms with E-state index in [-0.39, 0.29) is 45.9 Å². The van der Waals surface area contributed by atoms with E-state index in [1.165, 1.54) is 10.7 Å². The van der Waals surface area contributed by atoms with Gasteiger partial charge in [0.15, 0.2) is 0 Å². The minimum absolute atomic E-state index is 0.00954. The summed E-state index contributed by atoms with van der Waals surface area (Å²) in [5, 5.41) is 14.8. The van der Waals surface area contributed by atoms with Gasteiger partial charge in [0.2, 0.25) is 0 Å². The minimum Gasteiger partial charge on any atom is -0.364 e. The van der Waals surface area contributed by atoms with Gasteiger partial charge in [-0.15, -0.1) is 0 Å². The van der Waals surface area contributed by atoms with E-state index in [4.69, 9.17) is 5.73 Å². The molecule has 0 saturated heterocycles. The Morgan fingerprint density at radius 2 is 2.08 bits per heavy atom. The highest BCUT2D eigenvalue weighted by Gasteiger charge is 2.55. The van der Waals surface area contributed by atoms with Gasteiger partial charge in [-0.25, -0.2) is 4.52 Å². The molecule has 1 amide bonds. The maximum atomic E-state index is 13.4. The molecule has 4 aliphatic rings. The molecule has 0 radical (unpaired) electrons. The van der Waals surface area contributed by atoms with Gasteiger partial charge in [-0.3, -0.25) is 9.48 Å². The zero-order valence-corrected chi connectivity index (χ0v) is 20.8. The van der Waals surface area contributed by atoms with Gasteiger partial charge in [0.25, 0.3) is 5.91 Å². The fraction of sp³-hybridized carbons (Fsp3) is 0.480. The summed E-state index contributed by atoms with van der Waals surface area (Å²) in [4.78, 5) is 12.3. The number of nitrogens with two attached hydrogens (primary N) is 1.